The van der Waals surface area contributed by atoms with Gasteiger partial charge in [0, 0.05) is 67.4 Å². The molecule has 7 nitrogen and oxygen atoms in total. The number of fused-ring (bicyclic) bond motifs is 1. The van der Waals surface area contributed by atoms with E-state index in [1.54, 1.807) is 12.4 Å². The number of Topliss-reactive ketones (excluding diaryl/α,β-unsaturated/α-hetero) is 1. The SMILES string of the molecule is O=C1C(c2cccnc2)=C(c2ccccc2)c2ccc(OCCCN3CCN(C(=O)O)CC3)cc21. The lowest BCUT2D eigenvalue weighted by Crippen LogP contribution is -2.48. The van der Waals surface area contributed by atoms with Crippen LogP contribution in [-0.2, 0) is 0 Å². The van der Waals surface area contributed by atoms with Crippen LogP contribution in [0.3, 0.4) is 0 Å². The summed E-state index contributed by atoms with van der Waals surface area (Å²) in [7, 11) is 0. The minimum Gasteiger partial charge on any atom is -0.494 e. The van der Waals surface area contributed by atoms with E-state index in [1.807, 2.05) is 60.7 Å². The second-order valence-corrected chi connectivity index (χ2v) is 8.71. The number of ether oxygens (including phenoxy) is 1. The summed E-state index contributed by atoms with van der Waals surface area (Å²) in [6, 6.07) is 19.5. The van der Waals surface area contributed by atoms with E-state index in [0.717, 1.165) is 48.3 Å². The van der Waals surface area contributed by atoms with Crippen molar-refractivity contribution in [2.24, 2.45) is 0 Å². The van der Waals surface area contributed by atoms with Crippen molar-refractivity contribution >= 4 is 23.0 Å². The molecule has 1 fully saturated rings. The maximum atomic E-state index is 13.6. The van der Waals surface area contributed by atoms with E-state index in [9.17, 15) is 9.59 Å². The molecule has 1 aromatic heterocycles. The molecule has 2 aliphatic rings. The molecule has 3 aromatic rings. The van der Waals surface area contributed by atoms with Gasteiger partial charge in [0.2, 0.25) is 0 Å². The summed E-state index contributed by atoms with van der Waals surface area (Å²) < 4.78 is 6.00. The van der Waals surface area contributed by atoms with Crippen LogP contribution in [-0.4, -0.2) is 71.1 Å². The lowest BCUT2D eigenvalue weighted by molar-refractivity contribution is 0.103. The summed E-state index contributed by atoms with van der Waals surface area (Å²) in [6.07, 6.45) is 3.41. The Labute approximate surface area is 204 Å². The van der Waals surface area contributed by atoms with Gasteiger partial charge in [-0.25, -0.2) is 4.79 Å². The number of amides is 1. The average molecular weight is 470 g/mol. The largest absolute Gasteiger partial charge is 0.494 e. The fraction of sp³-hybridized carbons (Fsp3) is 0.250. The smallest absolute Gasteiger partial charge is 0.407 e. The topological polar surface area (TPSA) is 83.0 Å². The molecular weight excluding hydrogens is 442 g/mol. The molecule has 1 aliphatic heterocycles. The molecule has 1 N–H and O–H groups in total. The number of aromatic nitrogens is 1. The molecule has 0 bridgehead atoms. The highest BCUT2D eigenvalue weighted by Gasteiger charge is 2.32. The first-order valence-electron chi connectivity index (χ1n) is 11.8. The fourth-order valence-corrected chi connectivity index (χ4v) is 4.73. The zero-order chi connectivity index (χ0) is 24.2. The second kappa shape index (κ2) is 10.1. The number of pyridine rings is 1. The predicted molar refractivity (Wildman–Crippen MR) is 134 cm³/mol. The molecule has 2 heterocycles. The molecule has 1 amide bonds. The summed E-state index contributed by atoms with van der Waals surface area (Å²) >= 11 is 0. The number of benzene rings is 2. The summed E-state index contributed by atoms with van der Waals surface area (Å²) in [5.41, 5.74) is 4.93. The van der Waals surface area contributed by atoms with Crippen LogP contribution in [0.25, 0.3) is 11.1 Å². The Hall–Kier alpha value is -3.97. The van der Waals surface area contributed by atoms with Crippen LogP contribution in [0, 0.1) is 0 Å². The molecule has 1 saturated heterocycles. The van der Waals surface area contributed by atoms with E-state index >= 15 is 0 Å². The van der Waals surface area contributed by atoms with E-state index in [1.165, 1.54) is 4.90 Å². The van der Waals surface area contributed by atoms with Gasteiger partial charge >= 0.3 is 6.09 Å². The number of ketones is 1. The Balaban J connectivity index is 1.28. The highest BCUT2D eigenvalue weighted by Crippen LogP contribution is 2.43. The average Bonchev–Trinajstić information content (AvgIpc) is 3.19. The van der Waals surface area contributed by atoms with Crippen molar-refractivity contribution in [1.82, 2.24) is 14.8 Å². The number of carboxylic acid groups (broad SMARTS) is 1. The number of nitrogens with zero attached hydrogens (tertiary/aromatic N) is 3. The highest BCUT2D eigenvalue weighted by molar-refractivity contribution is 6.41. The number of allylic oxidation sites excluding steroid dienone is 1. The van der Waals surface area contributed by atoms with Gasteiger partial charge in [-0.2, -0.15) is 0 Å². The van der Waals surface area contributed by atoms with Crippen molar-refractivity contribution in [1.29, 1.82) is 0 Å². The predicted octanol–water partition coefficient (Wildman–Crippen LogP) is 4.30. The Kier molecular flexibility index (Phi) is 6.59. The number of hydrogen-bond donors (Lipinski definition) is 1. The Morgan fingerprint density at radius 3 is 2.40 bits per heavy atom. The van der Waals surface area contributed by atoms with E-state index in [-0.39, 0.29) is 5.78 Å². The van der Waals surface area contributed by atoms with Crippen molar-refractivity contribution in [3.63, 3.8) is 0 Å². The van der Waals surface area contributed by atoms with Crippen LogP contribution in [0.4, 0.5) is 4.79 Å². The van der Waals surface area contributed by atoms with Crippen molar-refractivity contribution in [2.45, 2.75) is 6.42 Å². The summed E-state index contributed by atoms with van der Waals surface area (Å²) in [5, 5.41) is 9.07. The monoisotopic (exact) mass is 469 g/mol. The molecule has 35 heavy (non-hydrogen) atoms. The Morgan fingerprint density at radius 2 is 1.69 bits per heavy atom. The first-order chi connectivity index (χ1) is 17.1. The second-order valence-electron chi connectivity index (χ2n) is 8.71. The van der Waals surface area contributed by atoms with E-state index in [4.69, 9.17) is 9.84 Å². The van der Waals surface area contributed by atoms with Crippen LogP contribution < -0.4 is 4.74 Å². The van der Waals surface area contributed by atoms with Crippen molar-refractivity contribution < 1.29 is 19.4 Å². The van der Waals surface area contributed by atoms with Crippen LogP contribution in [0.1, 0.15) is 33.5 Å². The standard InChI is InChI=1S/C28H27N3O4/c32-27-24-18-22(35-17-5-12-30-13-15-31(16-14-30)28(33)34)9-10-23(24)25(20-6-2-1-3-7-20)26(27)21-8-4-11-29-19-21/h1-4,6-11,18-19H,5,12-17H2,(H,33,34). The van der Waals surface area contributed by atoms with Crippen LogP contribution >= 0.6 is 0 Å². The molecule has 2 aromatic carbocycles. The summed E-state index contributed by atoms with van der Waals surface area (Å²) in [6.45, 7) is 3.94. The molecule has 178 valence electrons. The third kappa shape index (κ3) is 4.81. The molecule has 0 radical (unpaired) electrons. The van der Waals surface area contributed by atoms with Gasteiger partial charge in [-0.05, 0) is 41.8 Å². The first-order valence-corrected chi connectivity index (χ1v) is 11.8. The summed E-state index contributed by atoms with van der Waals surface area (Å²) in [4.78, 5) is 32.5. The quantitative estimate of drug-likeness (QED) is 0.520. The van der Waals surface area contributed by atoms with Gasteiger partial charge in [-0.1, -0.05) is 36.4 Å². The first kappa shape index (κ1) is 22.8. The normalized spacial score (nSPS) is 15.9. The Morgan fingerprint density at radius 1 is 0.914 bits per heavy atom. The number of piperazine rings is 1. The number of carbonyl (C=O) groups excluding carboxylic acids is 1. The van der Waals surface area contributed by atoms with Gasteiger partial charge in [0.25, 0.3) is 0 Å². The van der Waals surface area contributed by atoms with Gasteiger partial charge in [0.05, 0.1) is 6.61 Å². The minimum absolute atomic E-state index is 0.0198. The Bertz CT molecular complexity index is 1250. The van der Waals surface area contributed by atoms with Crippen LogP contribution in [0.15, 0.2) is 73.1 Å². The number of hydrogen-bond acceptors (Lipinski definition) is 5. The molecule has 5 rings (SSSR count). The van der Waals surface area contributed by atoms with Crippen molar-refractivity contribution in [3.8, 4) is 5.75 Å². The highest BCUT2D eigenvalue weighted by atomic mass is 16.5. The zero-order valence-electron chi connectivity index (χ0n) is 19.4. The van der Waals surface area contributed by atoms with Crippen molar-refractivity contribution in [2.75, 3.05) is 39.3 Å². The lowest BCUT2D eigenvalue weighted by atomic mass is 9.95. The van der Waals surface area contributed by atoms with Crippen LogP contribution in [0.5, 0.6) is 5.75 Å². The van der Waals surface area contributed by atoms with E-state index in [2.05, 4.69) is 9.88 Å². The molecule has 0 atom stereocenters. The van der Waals surface area contributed by atoms with Gasteiger partial charge in [-0.3, -0.25) is 14.7 Å². The maximum absolute atomic E-state index is 13.6. The number of rotatable bonds is 7. The molecule has 0 saturated carbocycles. The van der Waals surface area contributed by atoms with Gasteiger partial charge in [-0.15, -0.1) is 0 Å². The lowest BCUT2D eigenvalue weighted by Gasteiger charge is -2.32. The third-order valence-electron chi connectivity index (χ3n) is 6.52. The van der Waals surface area contributed by atoms with Gasteiger partial charge in [0.1, 0.15) is 5.75 Å². The molecule has 1 aliphatic carbocycles. The molecule has 0 unspecified atom stereocenters. The fourth-order valence-electron chi connectivity index (χ4n) is 4.73. The number of carbonyl (C=O) groups is 2. The van der Waals surface area contributed by atoms with Gasteiger partial charge < -0.3 is 14.7 Å². The molecule has 0 spiro atoms. The summed E-state index contributed by atoms with van der Waals surface area (Å²) in [5.74, 6) is 0.654. The van der Waals surface area contributed by atoms with Crippen molar-refractivity contribution in [3.05, 3.63) is 95.3 Å². The minimum atomic E-state index is -0.851. The molecular formula is C28H27N3O4. The van der Waals surface area contributed by atoms with Gasteiger partial charge in [0.15, 0.2) is 5.78 Å². The molecule has 7 heteroatoms. The maximum Gasteiger partial charge on any atom is 0.407 e. The van der Waals surface area contributed by atoms with E-state index < -0.39 is 6.09 Å². The van der Waals surface area contributed by atoms with E-state index in [0.29, 0.717) is 36.6 Å². The zero-order valence-corrected chi connectivity index (χ0v) is 19.4. The van der Waals surface area contributed by atoms with Crippen LogP contribution in [0.2, 0.25) is 0 Å². The third-order valence-corrected chi connectivity index (χ3v) is 6.52.